The molecule has 1 aliphatic heterocycles. The van der Waals surface area contributed by atoms with Crippen LogP contribution in [0.1, 0.15) is 6.92 Å². The standard InChI is InChI=1S/C22H18N4O4/c1-2-28-15-6-4-14(5-7-15)24-22-25-20-19(21(27)26-22)16(9-10-23-20)13-3-8-17-18(11-13)30-12-29-17/h3-11H,2,12H2,1H3,(H2,23,24,25,26,27). The highest BCUT2D eigenvalue weighted by molar-refractivity contribution is 5.92. The number of nitrogens with zero attached hydrogens (tertiary/aromatic N) is 2. The number of pyridine rings is 1. The molecule has 0 unspecified atom stereocenters. The molecule has 0 spiro atoms. The Bertz CT molecular complexity index is 1280. The van der Waals surface area contributed by atoms with Crippen LogP contribution in [-0.2, 0) is 0 Å². The molecule has 0 aliphatic carbocycles. The van der Waals surface area contributed by atoms with Gasteiger partial charge < -0.3 is 19.5 Å². The lowest BCUT2D eigenvalue weighted by atomic mass is 10.0. The van der Waals surface area contributed by atoms with Crippen LogP contribution in [0.15, 0.2) is 59.5 Å². The van der Waals surface area contributed by atoms with Gasteiger partial charge in [0.1, 0.15) is 5.75 Å². The van der Waals surface area contributed by atoms with Crippen molar-refractivity contribution in [2.24, 2.45) is 0 Å². The Labute approximate surface area is 171 Å². The first-order chi connectivity index (χ1) is 14.7. The van der Waals surface area contributed by atoms with E-state index < -0.39 is 0 Å². The summed E-state index contributed by atoms with van der Waals surface area (Å²) in [6, 6.07) is 14.7. The number of ether oxygens (including phenoxy) is 3. The van der Waals surface area contributed by atoms with Gasteiger partial charge in [0.25, 0.3) is 5.56 Å². The Morgan fingerprint density at radius 2 is 1.93 bits per heavy atom. The number of aromatic amines is 1. The molecule has 4 aromatic rings. The van der Waals surface area contributed by atoms with Gasteiger partial charge in [-0.25, -0.2) is 4.98 Å². The largest absolute Gasteiger partial charge is 0.494 e. The second-order valence-corrected chi connectivity index (χ2v) is 6.62. The van der Waals surface area contributed by atoms with Gasteiger partial charge in [-0.05, 0) is 60.5 Å². The van der Waals surface area contributed by atoms with Gasteiger partial charge in [0.2, 0.25) is 12.7 Å². The Morgan fingerprint density at radius 1 is 1.10 bits per heavy atom. The lowest BCUT2D eigenvalue weighted by molar-refractivity contribution is 0.174. The fourth-order valence-electron chi connectivity index (χ4n) is 3.36. The lowest BCUT2D eigenvalue weighted by Crippen LogP contribution is -2.13. The number of H-pyrrole nitrogens is 1. The molecule has 0 saturated carbocycles. The van der Waals surface area contributed by atoms with Gasteiger partial charge in [-0.2, -0.15) is 4.98 Å². The van der Waals surface area contributed by atoms with Crippen LogP contribution in [-0.4, -0.2) is 28.4 Å². The monoisotopic (exact) mass is 402 g/mol. The third kappa shape index (κ3) is 3.28. The van der Waals surface area contributed by atoms with Crippen molar-refractivity contribution in [1.82, 2.24) is 15.0 Å². The molecule has 0 radical (unpaired) electrons. The summed E-state index contributed by atoms with van der Waals surface area (Å²) >= 11 is 0. The van der Waals surface area contributed by atoms with Gasteiger partial charge in [0.05, 0.1) is 12.0 Å². The minimum absolute atomic E-state index is 0.193. The molecule has 8 heteroatoms. The van der Waals surface area contributed by atoms with Crippen LogP contribution in [0.4, 0.5) is 11.6 Å². The van der Waals surface area contributed by atoms with Crippen molar-refractivity contribution in [1.29, 1.82) is 0 Å². The summed E-state index contributed by atoms with van der Waals surface area (Å²) in [5.74, 6) is 2.42. The number of anilines is 2. The summed E-state index contributed by atoms with van der Waals surface area (Å²) in [6.07, 6.45) is 1.63. The Hall–Kier alpha value is -4.07. The van der Waals surface area contributed by atoms with Gasteiger partial charge in [0, 0.05) is 11.9 Å². The van der Waals surface area contributed by atoms with E-state index in [0.717, 1.165) is 22.6 Å². The summed E-state index contributed by atoms with van der Waals surface area (Å²) < 4.78 is 16.3. The average Bonchev–Trinajstić information content (AvgIpc) is 3.23. The van der Waals surface area contributed by atoms with Crippen molar-refractivity contribution in [3.63, 3.8) is 0 Å². The highest BCUT2D eigenvalue weighted by atomic mass is 16.7. The molecule has 2 aromatic carbocycles. The van der Waals surface area contributed by atoms with Gasteiger partial charge in [0.15, 0.2) is 17.1 Å². The zero-order valence-electron chi connectivity index (χ0n) is 16.1. The van der Waals surface area contributed by atoms with E-state index in [-0.39, 0.29) is 12.4 Å². The van der Waals surface area contributed by atoms with E-state index in [1.807, 2.05) is 49.4 Å². The van der Waals surface area contributed by atoms with Crippen molar-refractivity contribution in [3.05, 3.63) is 65.1 Å². The molecule has 30 heavy (non-hydrogen) atoms. The Balaban J connectivity index is 1.51. The number of aromatic nitrogens is 3. The van der Waals surface area contributed by atoms with Gasteiger partial charge in [-0.3, -0.25) is 9.78 Å². The summed E-state index contributed by atoms with van der Waals surface area (Å²) in [6.45, 7) is 2.73. The third-order valence-electron chi connectivity index (χ3n) is 4.72. The maximum absolute atomic E-state index is 12.9. The fraction of sp³-hybridized carbons (Fsp3) is 0.136. The third-order valence-corrected chi connectivity index (χ3v) is 4.72. The first kappa shape index (κ1) is 18.0. The topological polar surface area (TPSA) is 98.4 Å². The first-order valence-electron chi connectivity index (χ1n) is 9.50. The number of hydrogen-bond acceptors (Lipinski definition) is 7. The molecule has 0 saturated heterocycles. The van der Waals surface area contributed by atoms with E-state index in [1.54, 1.807) is 12.3 Å². The zero-order valence-corrected chi connectivity index (χ0v) is 16.1. The maximum atomic E-state index is 12.9. The van der Waals surface area contributed by atoms with Crippen LogP contribution >= 0.6 is 0 Å². The smallest absolute Gasteiger partial charge is 0.262 e. The molecule has 3 heterocycles. The molecule has 150 valence electrons. The van der Waals surface area contributed by atoms with E-state index in [0.29, 0.717) is 35.1 Å². The van der Waals surface area contributed by atoms with Crippen LogP contribution in [0.3, 0.4) is 0 Å². The van der Waals surface area contributed by atoms with Gasteiger partial charge in [-0.1, -0.05) is 6.07 Å². The average molecular weight is 402 g/mol. The summed E-state index contributed by atoms with van der Waals surface area (Å²) in [4.78, 5) is 24.5. The SMILES string of the molecule is CCOc1ccc(Nc2nc3nccc(-c4ccc5c(c4)OCO5)c3c(=O)[nH]2)cc1. The first-order valence-corrected chi connectivity index (χ1v) is 9.50. The molecule has 2 N–H and O–H groups in total. The molecule has 8 nitrogen and oxygen atoms in total. The summed E-state index contributed by atoms with van der Waals surface area (Å²) in [5, 5.41) is 3.51. The number of hydrogen-bond donors (Lipinski definition) is 2. The molecule has 2 aromatic heterocycles. The van der Waals surface area contributed by atoms with Crippen molar-refractivity contribution in [2.45, 2.75) is 6.92 Å². The van der Waals surface area contributed by atoms with Crippen LogP contribution in [0, 0.1) is 0 Å². The minimum atomic E-state index is -0.283. The number of nitrogens with one attached hydrogen (secondary N) is 2. The quantitative estimate of drug-likeness (QED) is 0.523. The molecule has 0 atom stereocenters. The molecule has 0 fully saturated rings. The Morgan fingerprint density at radius 3 is 2.77 bits per heavy atom. The van der Waals surface area contributed by atoms with Crippen molar-refractivity contribution in [2.75, 3.05) is 18.7 Å². The zero-order chi connectivity index (χ0) is 20.5. The molecule has 0 amide bonds. The maximum Gasteiger partial charge on any atom is 0.262 e. The van der Waals surface area contributed by atoms with Gasteiger partial charge >= 0.3 is 0 Å². The number of benzene rings is 2. The van der Waals surface area contributed by atoms with E-state index >= 15 is 0 Å². The van der Waals surface area contributed by atoms with Crippen molar-refractivity contribution >= 4 is 22.7 Å². The van der Waals surface area contributed by atoms with Crippen molar-refractivity contribution < 1.29 is 14.2 Å². The van der Waals surface area contributed by atoms with Crippen molar-refractivity contribution in [3.8, 4) is 28.4 Å². The molecular formula is C22H18N4O4. The summed E-state index contributed by atoms with van der Waals surface area (Å²) in [7, 11) is 0. The van der Waals surface area contributed by atoms with Crippen LogP contribution in [0.5, 0.6) is 17.2 Å². The number of fused-ring (bicyclic) bond motifs is 2. The predicted molar refractivity (Wildman–Crippen MR) is 113 cm³/mol. The molecule has 5 rings (SSSR count). The van der Waals surface area contributed by atoms with Crippen LogP contribution in [0.25, 0.3) is 22.2 Å². The van der Waals surface area contributed by atoms with Gasteiger partial charge in [-0.15, -0.1) is 0 Å². The highest BCUT2D eigenvalue weighted by Crippen LogP contribution is 2.37. The predicted octanol–water partition coefficient (Wildman–Crippen LogP) is 3.86. The highest BCUT2D eigenvalue weighted by Gasteiger charge is 2.17. The summed E-state index contributed by atoms with van der Waals surface area (Å²) in [5.41, 5.74) is 2.38. The molecule has 1 aliphatic rings. The van der Waals surface area contributed by atoms with E-state index in [9.17, 15) is 4.79 Å². The molecule has 0 bridgehead atoms. The van der Waals surface area contributed by atoms with Crippen LogP contribution in [0.2, 0.25) is 0 Å². The second-order valence-electron chi connectivity index (χ2n) is 6.62. The Kier molecular flexibility index (Phi) is 4.44. The molecular weight excluding hydrogens is 384 g/mol. The van der Waals surface area contributed by atoms with E-state index in [2.05, 4.69) is 20.3 Å². The normalized spacial score (nSPS) is 12.2. The fourth-order valence-corrected chi connectivity index (χ4v) is 3.36. The number of rotatable bonds is 5. The second kappa shape index (κ2) is 7.40. The lowest BCUT2D eigenvalue weighted by Gasteiger charge is -2.10. The van der Waals surface area contributed by atoms with Crippen LogP contribution < -0.4 is 25.1 Å². The van der Waals surface area contributed by atoms with E-state index in [1.165, 1.54) is 0 Å². The van der Waals surface area contributed by atoms with E-state index in [4.69, 9.17) is 14.2 Å². The minimum Gasteiger partial charge on any atom is -0.494 e.